The Labute approximate surface area is 122 Å². The first-order chi connectivity index (χ1) is 9.58. The zero-order valence-electron chi connectivity index (χ0n) is 13.4. The van der Waals surface area contributed by atoms with Gasteiger partial charge in [0.15, 0.2) is 0 Å². The highest BCUT2D eigenvalue weighted by molar-refractivity contribution is 5.24. The van der Waals surface area contributed by atoms with Gasteiger partial charge >= 0.3 is 0 Å². The van der Waals surface area contributed by atoms with Crippen molar-refractivity contribution in [2.45, 2.75) is 66.2 Å². The van der Waals surface area contributed by atoms with Crippen LogP contribution in [-0.2, 0) is 17.8 Å². The predicted octanol–water partition coefficient (Wildman–Crippen LogP) is 2.81. The summed E-state index contributed by atoms with van der Waals surface area (Å²) < 4.78 is 7.85. The fourth-order valence-electron chi connectivity index (χ4n) is 2.83. The normalized spacial score (nSPS) is 19.1. The highest BCUT2D eigenvalue weighted by atomic mass is 16.5. The first-order valence-corrected chi connectivity index (χ1v) is 7.93. The molecule has 0 amide bonds. The van der Waals surface area contributed by atoms with Crippen LogP contribution in [0.5, 0.6) is 0 Å². The Balaban J connectivity index is 1.89. The van der Waals surface area contributed by atoms with Crippen molar-refractivity contribution in [2.75, 3.05) is 13.2 Å². The van der Waals surface area contributed by atoms with Crippen LogP contribution in [0, 0.1) is 19.8 Å². The molecule has 1 unspecified atom stereocenters. The number of aromatic nitrogens is 2. The van der Waals surface area contributed by atoms with E-state index in [2.05, 4.69) is 37.7 Å². The van der Waals surface area contributed by atoms with E-state index in [9.17, 15) is 0 Å². The molecule has 1 aliphatic rings. The molecule has 0 radical (unpaired) electrons. The van der Waals surface area contributed by atoms with Crippen LogP contribution in [0.4, 0.5) is 0 Å². The molecular formula is C16H29N3O. The van der Waals surface area contributed by atoms with Crippen LogP contribution < -0.4 is 5.32 Å². The van der Waals surface area contributed by atoms with Gasteiger partial charge in [-0.25, -0.2) is 0 Å². The summed E-state index contributed by atoms with van der Waals surface area (Å²) in [7, 11) is 0. The van der Waals surface area contributed by atoms with Crippen molar-refractivity contribution in [1.82, 2.24) is 15.1 Å². The van der Waals surface area contributed by atoms with Gasteiger partial charge in [0.25, 0.3) is 0 Å². The van der Waals surface area contributed by atoms with Crippen LogP contribution in [0.25, 0.3) is 0 Å². The Hall–Kier alpha value is -0.870. The second-order valence-electron chi connectivity index (χ2n) is 6.32. The minimum atomic E-state index is 0.446. The standard InChI is InChI=1S/C16H29N3O/c1-12(2)10-17-11-16-13(3)18-19(14(16)4)8-7-15-6-5-9-20-15/h12,15,17H,5-11H2,1-4H3. The van der Waals surface area contributed by atoms with Crippen molar-refractivity contribution >= 4 is 0 Å². The molecule has 0 bridgehead atoms. The first-order valence-electron chi connectivity index (χ1n) is 7.93. The molecule has 1 saturated heterocycles. The van der Waals surface area contributed by atoms with E-state index in [-0.39, 0.29) is 0 Å². The van der Waals surface area contributed by atoms with Crippen molar-refractivity contribution in [3.05, 3.63) is 17.0 Å². The molecule has 114 valence electrons. The van der Waals surface area contributed by atoms with Gasteiger partial charge < -0.3 is 10.1 Å². The number of nitrogens with zero attached hydrogens (tertiary/aromatic N) is 2. The third-order valence-electron chi connectivity index (χ3n) is 4.07. The summed E-state index contributed by atoms with van der Waals surface area (Å²) in [5.74, 6) is 0.685. The third-order valence-corrected chi connectivity index (χ3v) is 4.07. The van der Waals surface area contributed by atoms with Gasteiger partial charge in [0.05, 0.1) is 11.8 Å². The average molecular weight is 279 g/mol. The van der Waals surface area contributed by atoms with Crippen LogP contribution in [0.2, 0.25) is 0 Å². The summed E-state index contributed by atoms with van der Waals surface area (Å²) in [5, 5.41) is 8.21. The predicted molar refractivity (Wildman–Crippen MR) is 81.8 cm³/mol. The van der Waals surface area contributed by atoms with Gasteiger partial charge in [0, 0.05) is 31.0 Å². The quantitative estimate of drug-likeness (QED) is 0.834. The van der Waals surface area contributed by atoms with Crippen LogP contribution >= 0.6 is 0 Å². The fraction of sp³-hybridized carbons (Fsp3) is 0.812. The lowest BCUT2D eigenvalue weighted by atomic mass is 10.1. The van der Waals surface area contributed by atoms with Crippen LogP contribution in [-0.4, -0.2) is 29.0 Å². The van der Waals surface area contributed by atoms with Gasteiger partial charge in [0.1, 0.15) is 0 Å². The number of aryl methyl sites for hydroxylation is 2. The summed E-state index contributed by atoms with van der Waals surface area (Å²) >= 11 is 0. The van der Waals surface area contributed by atoms with E-state index in [0.29, 0.717) is 12.0 Å². The molecule has 2 heterocycles. The molecule has 0 saturated carbocycles. The van der Waals surface area contributed by atoms with E-state index in [0.717, 1.165) is 38.4 Å². The summed E-state index contributed by atoms with van der Waals surface area (Å²) in [6.07, 6.45) is 3.95. The number of nitrogens with one attached hydrogen (secondary N) is 1. The fourth-order valence-corrected chi connectivity index (χ4v) is 2.83. The van der Waals surface area contributed by atoms with Crippen LogP contribution in [0.1, 0.15) is 50.1 Å². The molecule has 0 aromatic carbocycles. The summed E-state index contributed by atoms with van der Waals surface area (Å²) in [5.41, 5.74) is 3.82. The van der Waals surface area contributed by atoms with Crippen molar-refractivity contribution in [3.63, 3.8) is 0 Å². The summed E-state index contributed by atoms with van der Waals surface area (Å²) in [4.78, 5) is 0. The highest BCUT2D eigenvalue weighted by Crippen LogP contribution is 2.18. The summed E-state index contributed by atoms with van der Waals surface area (Å²) in [6, 6.07) is 0. The molecule has 1 aromatic rings. The molecule has 4 nitrogen and oxygen atoms in total. The minimum absolute atomic E-state index is 0.446. The zero-order chi connectivity index (χ0) is 14.5. The zero-order valence-corrected chi connectivity index (χ0v) is 13.4. The van der Waals surface area contributed by atoms with E-state index in [1.54, 1.807) is 0 Å². The van der Waals surface area contributed by atoms with Gasteiger partial charge in [-0.2, -0.15) is 5.10 Å². The number of ether oxygens (including phenoxy) is 1. The van der Waals surface area contributed by atoms with E-state index in [1.807, 2.05) is 0 Å². The second-order valence-corrected chi connectivity index (χ2v) is 6.32. The van der Waals surface area contributed by atoms with E-state index in [4.69, 9.17) is 9.84 Å². The molecule has 2 rings (SSSR count). The lowest BCUT2D eigenvalue weighted by molar-refractivity contribution is 0.0992. The van der Waals surface area contributed by atoms with Crippen LogP contribution in [0.15, 0.2) is 0 Å². The van der Waals surface area contributed by atoms with Gasteiger partial charge in [-0.1, -0.05) is 13.8 Å². The molecule has 1 atom stereocenters. The molecule has 4 heteroatoms. The molecule has 1 N–H and O–H groups in total. The number of hydrogen-bond donors (Lipinski definition) is 1. The van der Waals surface area contributed by atoms with E-state index in [1.165, 1.54) is 24.1 Å². The van der Waals surface area contributed by atoms with Gasteiger partial charge in [-0.15, -0.1) is 0 Å². The lowest BCUT2D eigenvalue weighted by Crippen LogP contribution is -2.19. The van der Waals surface area contributed by atoms with Gasteiger partial charge in [-0.3, -0.25) is 4.68 Å². The Kier molecular flexibility index (Phi) is 5.61. The maximum atomic E-state index is 5.69. The molecular weight excluding hydrogens is 250 g/mol. The highest BCUT2D eigenvalue weighted by Gasteiger charge is 2.17. The monoisotopic (exact) mass is 279 g/mol. The van der Waals surface area contributed by atoms with Crippen molar-refractivity contribution in [2.24, 2.45) is 5.92 Å². The molecule has 0 aliphatic carbocycles. The van der Waals surface area contributed by atoms with Crippen molar-refractivity contribution < 1.29 is 4.74 Å². The molecule has 0 spiro atoms. The van der Waals surface area contributed by atoms with E-state index < -0.39 is 0 Å². The second kappa shape index (κ2) is 7.23. The van der Waals surface area contributed by atoms with Gasteiger partial charge in [-0.05, 0) is 45.6 Å². The van der Waals surface area contributed by atoms with Crippen molar-refractivity contribution in [1.29, 1.82) is 0 Å². The molecule has 20 heavy (non-hydrogen) atoms. The SMILES string of the molecule is Cc1nn(CCC2CCCO2)c(C)c1CNCC(C)C. The number of hydrogen-bond acceptors (Lipinski definition) is 3. The van der Waals surface area contributed by atoms with Crippen molar-refractivity contribution in [3.8, 4) is 0 Å². The smallest absolute Gasteiger partial charge is 0.0641 e. The largest absolute Gasteiger partial charge is 0.378 e. The maximum Gasteiger partial charge on any atom is 0.0641 e. The molecule has 1 fully saturated rings. The Bertz CT molecular complexity index is 420. The maximum absolute atomic E-state index is 5.69. The van der Waals surface area contributed by atoms with E-state index >= 15 is 0 Å². The topological polar surface area (TPSA) is 39.1 Å². The minimum Gasteiger partial charge on any atom is -0.378 e. The molecule has 1 aliphatic heterocycles. The average Bonchev–Trinajstić information content (AvgIpc) is 2.99. The Morgan fingerprint density at radius 2 is 2.20 bits per heavy atom. The Morgan fingerprint density at radius 3 is 2.85 bits per heavy atom. The van der Waals surface area contributed by atoms with Gasteiger partial charge in [0.2, 0.25) is 0 Å². The third kappa shape index (κ3) is 4.06. The Morgan fingerprint density at radius 1 is 1.40 bits per heavy atom. The first kappa shape index (κ1) is 15.5. The number of rotatable bonds is 7. The van der Waals surface area contributed by atoms with Crippen LogP contribution in [0.3, 0.4) is 0 Å². The lowest BCUT2D eigenvalue weighted by Gasteiger charge is -2.11. The summed E-state index contributed by atoms with van der Waals surface area (Å²) in [6.45, 7) is 12.7. The molecule has 1 aromatic heterocycles.